The number of fused-ring (bicyclic) bond motifs is 1. The number of furan rings is 1. The summed E-state index contributed by atoms with van der Waals surface area (Å²) in [5.41, 5.74) is 1.92. The zero-order valence-corrected chi connectivity index (χ0v) is 17.2. The zero-order chi connectivity index (χ0) is 20.4. The topological polar surface area (TPSA) is 65.8 Å². The second kappa shape index (κ2) is 8.03. The van der Waals surface area contributed by atoms with Crippen LogP contribution in [-0.2, 0) is 17.6 Å². The number of piperazine rings is 1. The zero-order valence-electron chi connectivity index (χ0n) is 17.2. The minimum absolute atomic E-state index is 0.109. The van der Waals surface area contributed by atoms with Gasteiger partial charge in [0.05, 0.1) is 6.26 Å². The van der Waals surface area contributed by atoms with Gasteiger partial charge in [-0.25, -0.2) is 0 Å². The van der Waals surface area contributed by atoms with E-state index in [1.165, 1.54) is 17.4 Å². The van der Waals surface area contributed by atoms with E-state index >= 15 is 0 Å². The molecule has 1 aromatic carbocycles. The average molecular weight is 396 g/mol. The number of hydrogen-bond donors (Lipinski definition) is 1. The molecule has 1 aromatic heterocycles. The Morgan fingerprint density at radius 3 is 2.21 bits per heavy atom. The summed E-state index contributed by atoms with van der Waals surface area (Å²) in [6, 6.07) is 12.0. The van der Waals surface area contributed by atoms with Crippen LogP contribution in [0.3, 0.4) is 0 Å². The fraction of sp³-hybridized carbons (Fsp3) is 0.478. The molecular weight excluding hydrogens is 366 g/mol. The Hall–Kier alpha value is -2.60. The lowest BCUT2D eigenvalue weighted by Crippen LogP contribution is -2.63. The van der Waals surface area contributed by atoms with E-state index in [0.29, 0.717) is 31.9 Å². The number of carbonyl (C=O) groups excluding carboxylic acids is 2. The fourth-order valence-corrected chi connectivity index (χ4v) is 4.48. The summed E-state index contributed by atoms with van der Waals surface area (Å²) in [4.78, 5) is 29.9. The van der Waals surface area contributed by atoms with Crippen molar-refractivity contribution < 1.29 is 14.0 Å². The fourth-order valence-electron chi connectivity index (χ4n) is 4.48. The molecule has 1 N–H and O–H groups in total. The second-order valence-corrected chi connectivity index (χ2v) is 8.22. The highest BCUT2D eigenvalue weighted by molar-refractivity contribution is 5.92. The number of nitrogens with zero attached hydrogens (tertiary/aromatic N) is 2. The molecule has 6 nitrogen and oxygen atoms in total. The van der Waals surface area contributed by atoms with Crippen LogP contribution < -0.4 is 5.32 Å². The van der Waals surface area contributed by atoms with E-state index in [-0.39, 0.29) is 17.9 Å². The lowest BCUT2D eigenvalue weighted by Gasteiger charge is -2.41. The van der Waals surface area contributed by atoms with Crippen LogP contribution in [0.25, 0.3) is 0 Å². The maximum atomic E-state index is 13.7. The van der Waals surface area contributed by atoms with Gasteiger partial charge in [0.15, 0.2) is 5.76 Å². The number of hydrogen-bond acceptors (Lipinski definition) is 4. The Morgan fingerprint density at radius 1 is 1.03 bits per heavy atom. The van der Waals surface area contributed by atoms with Crippen molar-refractivity contribution in [2.45, 2.75) is 44.7 Å². The van der Waals surface area contributed by atoms with Crippen LogP contribution in [0, 0.1) is 0 Å². The van der Waals surface area contributed by atoms with Gasteiger partial charge in [-0.15, -0.1) is 0 Å². The van der Waals surface area contributed by atoms with Gasteiger partial charge >= 0.3 is 0 Å². The number of rotatable bonds is 5. The van der Waals surface area contributed by atoms with Crippen LogP contribution in [0.2, 0.25) is 0 Å². The summed E-state index contributed by atoms with van der Waals surface area (Å²) in [5.74, 6) is 0.396. The molecule has 0 saturated carbocycles. The Morgan fingerprint density at radius 2 is 1.66 bits per heavy atom. The number of amides is 2. The lowest BCUT2D eigenvalue weighted by atomic mass is 9.91. The Kier molecular flexibility index (Phi) is 5.46. The molecule has 0 bridgehead atoms. The molecule has 1 aliphatic carbocycles. The maximum absolute atomic E-state index is 13.7. The number of benzene rings is 1. The molecule has 0 radical (unpaired) electrons. The van der Waals surface area contributed by atoms with E-state index < -0.39 is 5.54 Å². The Labute approximate surface area is 171 Å². The van der Waals surface area contributed by atoms with Crippen molar-refractivity contribution in [3.63, 3.8) is 0 Å². The monoisotopic (exact) mass is 395 g/mol. The largest absolute Gasteiger partial charge is 0.459 e. The van der Waals surface area contributed by atoms with E-state index in [4.69, 9.17) is 4.42 Å². The predicted molar refractivity (Wildman–Crippen MR) is 111 cm³/mol. The van der Waals surface area contributed by atoms with E-state index in [1.54, 1.807) is 17.0 Å². The Bertz CT molecular complexity index is 844. The van der Waals surface area contributed by atoms with Crippen LogP contribution in [0.1, 0.15) is 41.9 Å². The molecule has 2 aromatic rings. The van der Waals surface area contributed by atoms with Gasteiger partial charge in [0.25, 0.3) is 5.91 Å². The summed E-state index contributed by atoms with van der Waals surface area (Å²) < 4.78 is 5.23. The van der Waals surface area contributed by atoms with Crippen molar-refractivity contribution in [2.75, 3.05) is 26.2 Å². The molecule has 1 atom stereocenters. The van der Waals surface area contributed by atoms with Gasteiger partial charge in [-0.1, -0.05) is 31.2 Å². The summed E-state index contributed by atoms with van der Waals surface area (Å²) in [7, 11) is 0. The SMILES string of the molecule is CCC(C)NC1(C(=O)N2CCN(C(=O)c3ccco3)CC2)Cc2ccccc2C1. The van der Waals surface area contributed by atoms with Crippen molar-refractivity contribution in [1.29, 1.82) is 0 Å². The van der Waals surface area contributed by atoms with Crippen molar-refractivity contribution in [1.82, 2.24) is 15.1 Å². The van der Waals surface area contributed by atoms with Crippen LogP contribution in [-0.4, -0.2) is 59.4 Å². The van der Waals surface area contributed by atoms with Gasteiger partial charge in [-0.05, 0) is 36.6 Å². The molecule has 2 aliphatic rings. The van der Waals surface area contributed by atoms with Gasteiger partial charge in [0.2, 0.25) is 5.91 Å². The van der Waals surface area contributed by atoms with Gasteiger partial charge in [0, 0.05) is 45.1 Å². The highest BCUT2D eigenvalue weighted by Crippen LogP contribution is 2.32. The van der Waals surface area contributed by atoms with Gasteiger partial charge in [-0.2, -0.15) is 0 Å². The third-order valence-corrected chi connectivity index (χ3v) is 6.23. The molecule has 0 spiro atoms. The van der Waals surface area contributed by atoms with E-state index in [1.807, 2.05) is 17.0 Å². The smallest absolute Gasteiger partial charge is 0.289 e. The van der Waals surface area contributed by atoms with E-state index in [9.17, 15) is 9.59 Å². The highest BCUT2D eigenvalue weighted by Gasteiger charge is 2.46. The third-order valence-electron chi connectivity index (χ3n) is 6.23. The molecule has 1 unspecified atom stereocenters. The molecule has 2 amide bonds. The molecule has 4 rings (SSSR count). The van der Waals surface area contributed by atoms with Gasteiger partial charge < -0.3 is 19.5 Å². The highest BCUT2D eigenvalue weighted by atomic mass is 16.3. The van der Waals surface area contributed by atoms with Crippen LogP contribution >= 0.6 is 0 Å². The predicted octanol–water partition coefficient (Wildman–Crippen LogP) is 2.49. The molecule has 1 fully saturated rings. The molecule has 154 valence electrons. The maximum Gasteiger partial charge on any atom is 0.289 e. The van der Waals surface area contributed by atoms with Crippen LogP contribution in [0.4, 0.5) is 0 Å². The normalized spacial score (nSPS) is 19.1. The Balaban J connectivity index is 1.47. The molecule has 6 heteroatoms. The quantitative estimate of drug-likeness (QED) is 0.845. The first-order valence-corrected chi connectivity index (χ1v) is 10.5. The molecule has 29 heavy (non-hydrogen) atoms. The van der Waals surface area contributed by atoms with Gasteiger partial charge in [-0.3, -0.25) is 9.59 Å². The molecule has 1 saturated heterocycles. The average Bonchev–Trinajstić information content (AvgIpc) is 3.41. The minimum atomic E-state index is -0.591. The first-order valence-electron chi connectivity index (χ1n) is 10.5. The van der Waals surface area contributed by atoms with Crippen molar-refractivity contribution >= 4 is 11.8 Å². The van der Waals surface area contributed by atoms with E-state index in [2.05, 4.69) is 31.3 Å². The molecule has 1 aliphatic heterocycles. The van der Waals surface area contributed by atoms with Crippen LogP contribution in [0.15, 0.2) is 47.1 Å². The second-order valence-electron chi connectivity index (χ2n) is 8.22. The van der Waals surface area contributed by atoms with Crippen molar-refractivity contribution in [3.05, 3.63) is 59.5 Å². The van der Waals surface area contributed by atoms with Gasteiger partial charge in [0.1, 0.15) is 5.54 Å². The molecule has 2 heterocycles. The first-order chi connectivity index (χ1) is 14.0. The standard InChI is InChI=1S/C23H29N3O3/c1-3-17(2)24-23(15-18-7-4-5-8-19(18)16-23)22(28)26-12-10-25(11-13-26)21(27)20-9-6-14-29-20/h4-9,14,17,24H,3,10-13,15-16H2,1-2H3. The summed E-state index contributed by atoms with van der Waals surface area (Å²) >= 11 is 0. The van der Waals surface area contributed by atoms with Crippen molar-refractivity contribution in [3.8, 4) is 0 Å². The minimum Gasteiger partial charge on any atom is -0.459 e. The summed E-state index contributed by atoms with van der Waals surface area (Å²) in [6.07, 6.45) is 3.92. The van der Waals surface area contributed by atoms with Crippen LogP contribution in [0.5, 0.6) is 0 Å². The van der Waals surface area contributed by atoms with E-state index in [0.717, 1.165) is 19.3 Å². The summed E-state index contributed by atoms with van der Waals surface area (Å²) in [6.45, 7) is 6.42. The first kappa shape index (κ1) is 19.7. The lowest BCUT2D eigenvalue weighted by molar-refractivity contribution is -0.140. The molecular formula is C23H29N3O3. The number of carbonyl (C=O) groups is 2. The summed E-state index contributed by atoms with van der Waals surface area (Å²) in [5, 5.41) is 3.66. The van der Waals surface area contributed by atoms with Crippen molar-refractivity contribution in [2.24, 2.45) is 0 Å². The third kappa shape index (κ3) is 3.81. The number of nitrogens with one attached hydrogen (secondary N) is 1.